The van der Waals surface area contributed by atoms with Gasteiger partial charge in [0.1, 0.15) is 5.76 Å². The molecule has 1 aromatic heterocycles. The summed E-state index contributed by atoms with van der Waals surface area (Å²) in [6.45, 7) is 4.23. The molecule has 0 bridgehead atoms. The van der Waals surface area contributed by atoms with E-state index in [1.54, 1.807) is 38.3 Å². The van der Waals surface area contributed by atoms with Crippen LogP contribution in [0.25, 0.3) is 0 Å². The van der Waals surface area contributed by atoms with Gasteiger partial charge in [0.15, 0.2) is 17.3 Å². The summed E-state index contributed by atoms with van der Waals surface area (Å²) in [5, 5.41) is 3.90. The van der Waals surface area contributed by atoms with E-state index in [4.69, 9.17) is 13.9 Å². The Kier molecular flexibility index (Phi) is 5.19. The Labute approximate surface area is 128 Å². The summed E-state index contributed by atoms with van der Waals surface area (Å²) in [4.78, 5) is 11.7. The van der Waals surface area contributed by atoms with E-state index in [-0.39, 0.29) is 5.76 Å². The van der Waals surface area contributed by atoms with Gasteiger partial charge < -0.3 is 13.9 Å². The first-order valence-electron chi connectivity index (χ1n) is 6.84. The number of benzene rings is 1. The summed E-state index contributed by atoms with van der Waals surface area (Å²) in [7, 11) is 1.57. The first-order chi connectivity index (χ1) is 10.6. The standard InChI is InChI=1S/C16H18N2O4/c1-4-21-13-8-6-12(9-15(13)20-3)10-17-18-16(19)14-7-5-11(2)22-14/h5-10H,4H2,1-3H3,(H,18,19)/b17-10+. The molecule has 0 unspecified atom stereocenters. The molecular formula is C16H18N2O4. The van der Waals surface area contributed by atoms with Crippen LogP contribution in [0.15, 0.2) is 39.9 Å². The summed E-state index contributed by atoms with van der Waals surface area (Å²) in [5.74, 6) is 1.77. The van der Waals surface area contributed by atoms with E-state index >= 15 is 0 Å². The van der Waals surface area contributed by atoms with Gasteiger partial charge in [0.25, 0.3) is 0 Å². The average molecular weight is 302 g/mol. The maximum atomic E-state index is 11.7. The molecule has 0 saturated heterocycles. The quantitative estimate of drug-likeness (QED) is 0.658. The summed E-state index contributed by atoms with van der Waals surface area (Å²) < 4.78 is 15.9. The molecule has 1 heterocycles. The fourth-order valence-corrected chi connectivity index (χ4v) is 1.82. The minimum absolute atomic E-state index is 0.221. The summed E-state index contributed by atoms with van der Waals surface area (Å²) in [5.41, 5.74) is 3.18. The average Bonchev–Trinajstić information content (AvgIpc) is 2.95. The largest absolute Gasteiger partial charge is 0.493 e. The maximum Gasteiger partial charge on any atom is 0.307 e. The Morgan fingerprint density at radius 1 is 1.32 bits per heavy atom. The Morgan fingerprint density at radius 2 is 2.14 bits per heavy atom. The van der Waals surface area contributed by atoms with E-state index < -0.39 is 5.91 Å². The van der Waals surface area contributed by atoms with Crippen LogP contribution in [0.5, 0.6) is 11.5 Å². The van der Waals surface area contributed by atoms with E-state index in [1.165, 1.54) is 6.21 Å². The minimum atomic E-state index is -0.401. The van der Waals surface area contributed by atoms with E-state index in [2.05, 4.69) is 10.5 Å². The molecule has 0 radical (unpaired) electrons. The minimum Gasteiger partial charge on any atom is -0.493 e. The number of carbonyl (C=O) groups is 1. The molecule has 0 spiro atoms. The molecule has 2 aromatic rings. The van der Waals surface area contributed by atoms with Gasteiger partial charge in [0.05, 0.1) is 19.9 Å². The fraction of sp³-hybridized carbons (Fsp3) is 0.250. The van der Waals surface area contributed by atoms with Crippen LogP contribution >= 0.6 is 0 Å². The molecule has 0 atom stereocenters. The third-order valence-corrected chi connectivity index (χ3v) is 2.83. The number of methoxy groups -OCH3 is 1. The molecular weight excluding hydrogens is 284 g/mol. The number of rotatable bonds is 6. The fourth-order valence-electron chi connectivity index (χ4n) is 1.82. The SMILES string of the molecule is CCOc1ccc(/C=N/NC(=O)c2ccc(C)o2)cc1OC. The molecule has 6 nitrogen and oxygen atoms in total. The maximum absolute atomic E-state index is 11.7. The number of amides is 1. The van der Waals surface area contributed by atoms with Gasteiger partial charge in [-0.15, -0.1) is 0 Å². The van der Waals surface area contributed by atoms with Gasteiger partial charge >= 0.3 is 5.91 Å². The van der Waals surface area contributed by atoms with Crippen molar-refractivity contribution in [2.45, 2.75) is 13.8 Å². The smallest absolute Gasteiger partial charge is 0.307 e. The molecule has 0 aliphatic carbocycles. The zero-order valence-electron chi connectivity index (χ0n) is 12.8. The van der Waals surface area contributed by atoms with Crippen LogP contribution in [0.2, 0.25) is 0 Å². The van der Waals surface area contributed by atoms with Gasteiger partial charge in [-0.3, -0.25) is 4.79 Å². The number of carbonyl (C=O) groups excluding carboxylic acids is 1. The first-order valence-corrected chi connectivity index (χ1v) is 6.84. The highest BCUT2D eigenvalue weighted by molar-refractivity contribution is 5.92. The van der Waals surface area contributed by atoms with E-state index in [0.717, 1.165) is 5.56 Å². The van der Waals surface area contributed by atoms with Crippen LogP contribution < -0.4 is 14.9 Å². The number of hydrogen-bond donors (Lipinski definition) is 1. The van der Waals surface area contributed by atoms with Crippen molar-refractivity contribution in [3.8, 4) is 11.5 Å². The molecule has 0 aliphatic heterocycles. The molecule has 0 fully saturated rings. The number of nitrogens with zero attached hydrogens (tertiary/aromatic N) is 1. The molecule has 0 saturated carbocycles. The molecule has 6 heteroatoms. The van der Waals surface area contributed by atoms with Crippen molar-refractivity contribution >= 4 is 12.1 Å². The van der Waals surface area contributed by atoms with Crippen LogP contribution in [0.4, 0.5) is 0 Å². The molecule has 22 heavy (non-hydrogen) atoms. The number of nitrogens with one attached hydrogen (secondary N) is 1. The zero-order valence-corrected chi connectivity index (χ0v) is 12.8. The van der Waals surface area contributed by atoms with Crippen molar-refractivity contribution in [3.63, 3.8) is 0 Å². The monoisotopic (exact) mass is 302 g/mol. The lowest BCUT2D eigenvalue weighted by molar-refractivity contribution is 0.0926. The second kappa shape index (κ2) is 7.31. The van der Waals surface area contributed by atoms with Crippen LogP contribution in [-0.2, 0) is 0 Å². The Morgan fingerprint density at radius 3 is 2.77 bits per heavy atom. The Hall–Kier alpha value is -2.76. The van der Waals surface area contributed by atoms with E-state index in [9.17, 15) is 4.79 Å². The van der Waals surface area contributed by atoms with Gasteiger partial charge in [0, 0.05) is 0 Å². The number of furan rings is 1. The third kappa shape index (κ3) is 3.88. The topological polar surface area (TPSA) is 73.1 Å². The van der Waals surface area contributed by atoms with Crippen molar-refractivity contribution in [3.05, 3.63) is 47.4 Å². The highest BCUT2D eigenvalue weighted by Gasteiger charge is 2.08. The van der Waals surface area contributed by atoms with Crippen molar-refractivity contribution in [1.29, 1.82) is 0 Å². The van der Waals surface area contributed by atoms with Crippen molar-refractivity contribution in [2.24, 2.45) is 5.10 Å². The van der Waals surface area contributed by atoms with Gasteiger partial charge in [-0.05, 0) is 49.7 Å². The van der Waals surface area contributed by atoms with E-state index in [1.807, 2.05) is 13.0 Å². The lowest BCUT2D eigenvalue weighted by Crippen LogP contribution is -2.16. The lowest BCUT2D eigenvalue weighted by atomic mass is 10.2. The molecule has 1 aromatic carbocycles. The summed E-state index contributed by atoms with van der Waals surface area (Å²) in [6.07, 6.45) is 1.52. The van der Waals surface area contributed by atoms with Crippen LogP contribution in [0.3, 0.4) is 0 Å². The number of hydrogen-bond acceptors (Lipinski definition) is 5. The highest BCUT2D eigenvalue weighted by atomic mass is 16.5. The number of ether oxygens (including phenoxy) is 2. The van der Waals surface area contributed by atoms with Crippen molar-refractivity contribution < 1.29 is 18.7 Å². The Balaban J connectivity index is 2.02. The van der Waals surface area contributed by atoms with Crippen LogP contribution in [0.1, 0.15) is 28.8 Å². The van der Waals surface area contributed by atoms with E-state index in [0.29, 0.717) is 23.9 Å². The molecule has 1 N–H and O–H groups in total. The third-order valence-electron chi connectivity index (χ3n) is 2.83. The summed E-state index contributed by atoms with van der Waals surface area (Å²) in [6, 6.07) is 8.70. The predicted octanol–water partition coefficient (Wildman–Crippen LogP) is 2.76. The molecule has 1 amide bonds. The second-order valence-electron chi connectivity index (χ2n) is 4.45. The van der Waals surface area contributed by atoms with Gasteiger partial charge in [0.2, 0.25) is 0 Å². The van der Waals surface area contributed by atoms with Gasteiger partial charge in [-0.1, -0.05) is 0 Å². The first kappa shape index (κ1) is 15.6. The molecule has 116 valence electrons. The van der Waals surface area contributed by atoms with Crippen LogP contribution in [-0.4, -0.2) is 25.8 Å². The highest BCUT2D eigenvalue weighted by Crippen LogP contribution is 2.27. The molecule has 2 rings (SSSR count). The summed E-state index contributed by atoms with van der Waals surface area (Å²) >= 11 is 0. The van der Waals surface area contributed by atoms with Gasteiger partial charge in [-0.2, -0.15) is 5.10 Å². The molecule has 0 aliphatic rings. The van der Waals surface area contributed by atoms with Crippen molar-refractivity contribution in [1.82, 2.24) is 5.43 Å². The van der Waals surface area contributed by atoms with Gasteiger partial charge in [-0.25, -0.2) is 5.43 Å². The zero-order chi connectivity index (χ0) is 15.9. The van der Waals surface area contributed by atoms with Crippen LogP contribution in [0, 0.1) is 6.92 Å². The Bertz CT molecular complexity index is 677. The number of hydrazone groups is 1. The normalized spacial score (nSPS) is 10.7. The second-order valence-corrected chi connectivity index (χ2v) is 4.45. The predicted molar refractivity (Wildman–Crippen MR) is 82.7 cm³/mol. The van der Waals surface area contributed by atoms with Crippen molar-refractivity contribution in [2.75, 3.05) is 13.7 Å². The number of aryl methyl sites for hydroxylation is 1. The lowest BCUT2D eigenvalue weighted by Gasteiger charge is -2.09.